The smallest absolute Gasteiger partial charge is 0.240 e. The molecule has 0 aromatic carbocycles. The fourth-order valence-corrected chi connectivity index (χ4v) is 2.73. The van der Waals surface area contributed by atoms with Gasteiger partial charge in [-0.15, -0.1) is 0 Å². The normalized spacial score (nSPS) is 26.6. The van der Waals surface area contributed by atoms with E-state index < -0.39 is 11.9 Å². The maximum Gasteiger partial charge on any atom is 0.240 e. The summed E-state index contributed by atoms with van der Waals surface area (Å²) in [5, 5.41) is 0. The zero-order valence-corrected chi connectivity index (χ0v) is 9.97. The Hall–Kier alpha value is -1.14. The first-order chi connectivity index (χ1) is 8.08. The molecule has 2 saturated heterocycles. The van der Waals surface area contributed by atoms with E-state index in [4.69, 9.17) is 11.5 Å². The number of fused-ring (bicyclic) bond motifs is 1. The molecule has 0 spiro atoms. The lowest BCUT2D eigenvalue weighted by molar-refractivity contribution is -0.137. The van der Waals surface area contributed by atoms with E-state index in [1.54, 1.807) is 4.90 Å². The van der Waals surface area contributed by atoms with Gasteiger partial charge in [0.1, 0.15) is 0 Å². The van der Waals surface area contributed by atoms with Crippen molar-refractivity contribution in [1.29, 1.82) is 0 Å². The van der Waals surface area contributed by atoms with Gasteiger partial charge in [-0.05, 0) is 19.4 Å². The molecule has 96 valence electrons. The van der Waals surface area contributed by atoms with Crippen LogP contribution in [0.1, 0.15) is 19.3 Å². The van der Waals surface area contributed by atoms with E-state index in [0.717, 1.165) is 26.1 Å². The van der Waals surface area contributed by atoms with Gasteiger partial charge in [-0.25, -0.2) is 0 Å². The van der Waals surface area contributed by atoms with Crippen LogP contribution >= 0.6 is 0 Å². The van der Waals surface area contributed by atoms with Crippen molar-refractivity contribution < 1.29 is 9.59 Å². The molecule has 2 unspecified atom stereocenters. The monoisotopic (exact) mass is 240 g/mol. The fraction of sp³-hybridized carbons (Fsp3) is 0.818. The van der Waals surface area contributed by atoms with Crippen molar-refractivity contribution in [3.63, 3.8) is 0 Å². The molecule has 6 heteroatoms. The minimum Gasteiger partial charge on any atom is -0.370 e. The van der Waals surface area contributed by atoms with Gasteiger partial charge in [-0.1, -0.05) is 0 Å². The number of hydrogen-bond acceptors (Lipinski definition) is 4. The Kier molecular flexibility index (Phi) is 3.63. The van der Waals surface area contributed by atoms with Crippen molar-refractivity contribution in [2.45, 2.75) is 31.3 Å². The Morgan fingerprint density at radius 1 is 1.29 bits per heavy atom. The number of nitrogens with zero attached hydrogens (tertiary/aromatic N) is 2. The summed E-state index contributed by atoms with van der Waals surface area (Å²) in [5.74, 6) is -0.666. The van der Waals surface area contributed by atoms with Gasteiger partial charge in [0.25, 0.3) is 0 Å². The largest absolute Gasteiger partial charge is 0.370 e. The number of rotatable bonds is 3. The molecular formula is C11H20N4O2. The quantitative estimate of drug-likeness (QED) is 0.627. The zero-order valence-electron chi connectivity index (χ0n) is 9.97. The van der Waals surface area contributed by atoms with Gasteiger partial charge in [0.15, 0.2) is 0 Å². The summed E-state index contributed by atoms with van der Waals surface area (Å²) in [6, 6.07) is -0.297. The Morgan fingerprint density at radius 3 is 2.76 bits per heavy atom. The van der Waals surface area contributed by atoms with Gasteiger partial charge in [0.2, 0.25) is 11.8 Å². The maximum absolute atomic E-state index is 12.0. The summed E-state index contributed by atoms with van der Waals surface area (Å²) in [7, 11) is 0. The van der Waals surface area contributed by atoms with Gasteiger partial charge in [-0.2, -0.15) is 0 Å². The number of carbonyl (C=O) groups excluding carboxylic acids is 2. The first-order valence-electron chi connectivity index (χ1n) is 6.14. The van der Waals surface area contributed by atoms with Crippen molar-refractivity contribution in [2.75, 3.05) is 26.2 Å². The highest BCUT2D eigenvalue weighted by Gasteiger charge is 2.34. The van der Waals surface area contributed by atoms with Gasteiger partial charge < -0.3 is 16.4 Å². The van der Waals surface area contributed by atoms with Crippen LogP contribution in [0.3, 0.4) is 0 Å². The summed E-state index contributed by atoms with van der Waals surface area (Å²) in [4.78, 5) is 26.9. The summed E-state index contributed by atoms with van der Waals surface area (Å²) in [6.07, 6.45) is 2.29. The molecule has 0 radical (unpaired) electrons. The van der Waals surface area contributed by atoms with Crippen LogP contribution in [0.15, 0.2) is 0 Å². The summed E-state index contributed by atoms with van der Waals surface area (Å²) in [6.45, 7) is 3.51. The van der Waals surface area contributed by atoms with Crippen LogP contribution < -0.4 is 11.5 Å². The Morgan fingerprint density at radius 2 is 2.06 bits per heavy atom. The van der Waals surface area contributed by atoms with E-state index in [0.29, 0.717) is 12.6 Å². The molecule has 0 aromatic rings. The maximum atomic E-state index is 12.0. The third-order valence-electron chi connectivity index (χ3n) is 3.64. The van der Waals surface area contributed by atoms with Gasteiger partial charge in [0.05, 0.1) is 12.5 Å². The predicted octanol–water partition coefficient (Wildman–Crippen LogP) is -1.50. The minimum atomic E-state index is -0.777. The third-order valence-corrected chi connectivity index (χ3v) is 3.64. The molecule has 17 heavy (non-hydrogen) atoms. The van der Waals surface area contributed by atoms with Crippen molar-refractivity contribution in [3.8, 4) is 0 Å². The van der Waals surface area contributed by atoms with Crippen LogP contribution in [0.25, 0.3) is 0 Å². The van der Waals surface area contributed by atoms with Crippen molar-refractivity contribution in [3.05, 3.63) is 0 Å². The molecule has 2 atom stereocenters. The molecule has 2 amide bonds. The molecule has 0 bridgehead atoms. The van der Waals surface area contributed by atoms with E-state index in [-0.39, 0.29) is 12.3 Å². The number of primary amides is 1. The molecule has 2 heterocycles. The molecule has 2 aliphatic heterocycles. The topological polar surface area (TPSA) is 92.7 Å². The summed E-state index contributed by atoms with van der Waals surface area (Å²) in [5.41, 5.74) is 10.7. The first-order valence-corrected chi connectivity index (χ1v) is 6.14. The first kappa shape index (κ1) is 12.3. The molecule has 0 aromatic heterocycles. The minimum absolute atomic E-state index is 0.0658. The molecule has 2 aliphatic rings. The van der Waals surface area contributed by atoms with Crippen molar-refractivity contribution in [2.24, 2.45) is 11.5 Å². The highest BCUT2D eigenvalue weighted by molar-refractivity contribution is 5.87. The lowest BCUT2D eigenvalue weighted by Crippen LogP contribution is -2.56. The highest BCUT2D eigenvalue weighted by Crippen LogP contribution is 2.21. The second-order valence-electron chi connectivity index (χ2n) is 4.89. The fourth-order valence-electron chi connectivity index (χ4n) is 2.73. The molecule has 0 aliphatic carbocycles. The summed E-state index contributed by atoms with van der Waals surface area (Å²) < 4.78 is 0. The van der Waals surface area contributed by atoms with Crippen LogP contribution in [0.4, 0.5) is 0 Å². The van der Waals surface area contributed by atoms with E-state index in [2.05, 4.69) is 4.90 Å². The second-order valence-corrected chi connectivity index (χ2v) is 4.89. The van der Waals surface area contributed by atoms with Crippen molar-refractivity contribution >= 4 is 11.8 Å². The number of nitrogens with two attached hydrogens (primary N) is 2. The Labute approximate surface area is 101 Å². The van der Waals surface area contributed by atoms with E-state index in [1.807, 2.05) is 0 Å². The van der Waals surface area contributed by atoms with Crippen LogP contribution in [0, 0.1) is 0 Å². The summed E-state index contributed by atoms with van der Waals surface area (Å²) >= 11 is 0. The van der Waals surface area contributed by atoms with Gasteiger partial charge >= 0.3 is 0 Å². The van der Waals surface area contributed by atoms with Crippen LogP contribution in [-0.4, -0.2) is 59.9 Å². The second kappa shape index (κ2) is 5.01. The molecule has 2 rings (SSSR count). The number of piperazine rings is 1. The average molecular weight is 240 g/mol. The molecule has 2 fully saturated rings. The van der Waals surface area contributed by atoms with E-state index in [1.165, 1.54) is 6.42 Å². The molecule has 0 saturated carbocycles. The average Bonchev–Trinajstić information content (AvgIpc) is 2.73. The number of hydrogen-bond donors (Lipinski definition) is 2. The van der Waals surface area contributed by atoms with Crippen LogP contribution in [0.2, 0.25) is 0 Å². The third kappa shape index (κ3) is 2.76. The molecule has 6 nitrogen and oxygen atoms in total. The Bertz CT molecular complexity index is 321. The number of amides is 2. The van der Waals surface area contributed by atoms with Crippen LogP contribution in [-0.2, 0) is 9.59 Å². The molecular weight excluding hydrogens is 220 g/mol. The van der Waals surface area contributed by atoms with Gasteiger partial charge in [0, 0.05) is 25.7 Å². The lowest BCUT2D eigenvalue weighted by atomic mass is 10.1. The molecule has 4 N–H and O–H groups in total. The lowest BCUT2D eigenvalue weighted by Gasteiger charge is -2.38. The van der Waals surface area contributed by atoms with Crippen LogP contribution in [0.5, 0.6) is 0 Å². The predicted molar refractivity (Wildman–Crippen MR) is 63.0 cm³/mol. The van der Waals surface area contributed by atoms with E-state index >= 15 is 0 Å². The SMILES string of the molecule is NC(=O)CC(N)C(=O)N1CCN2CCCC2C1. The van der Waals surface area contributed by atoms with E-state index in [9.17, 15) is 9.59 Å². The van der Waals surface area contributed by atoms with Crippen molar-refractivity contribution in [1.82, 2.24) is 9.80 Å². The zero-order chi connectivity index (χ0) is 12.4. The number of carbonyl (C=O) groups is 2. The Balaban J connectivity index is 1.89. The van der Waals surface area contributed by atoms with Gasteiger partial charge in [-0.3, -0.25) is 14.5 Å². The standard InChI is InChI=1S/C11H20N4O2/c12-9(6-10(13)16)11(17)15-5-4-14-3-1-2-8(14)7-15/h8-9H,1-7,12H2,(H2,13,16). The highest BCUT2D eigenvalue weighted by atomic mass is 16.2.